The van der Waals surface area contributed by atoms with Crippen LogP contribution in [0.1, 0.15) is 32.4 Å². The Morgan fingerprint density at radius 1 is 1.40 bits per heavy atom. The average Bonchev–Trinajstić information content (AvgIpc) is 2.18. The number of anilines is 1. The lowest BCUT2D eigenvalue weighted by Crippen LogP contribution is -2.22. The van der Waals surface area contributed by atoms with Gasteiger partial charge in [0.25, 0.3) is 0 Å². The minimum absolute atomic E-state index is 0.220. The maximum atomic E-state index is 5.04. The van der Waals surface area contributed by atoms with Crippen LogP contribution in [0.5, 0.6) is 0 Å². The molecule has 1 aromatic heterocycles. The molecule has 0 saturated heterocycles. The molecule has 84 valence electrons. The van der Waals surface area contributed by atoms with Crippen molar-refractivity contribution in [2.24, 2.45) is 0 Å². The van der Waals surface area contributed by atoms with Gasteiger partial charge in [-0.15, -0.1) is 0 Å². The summed E-state index contributed by atoms with van der Waals surface area (Å²) < 4.78 is 5.04. The van der Waals surface area contributed by atoms with Crippen molar-refractivity contribution in [2.45, 2.75) is 32.7 Å². The van der Waals surface area contributed by atoms with E-state index >= 15 is 0 Å². The molecule has 4 heteroatoms. The van der Waals surface area contributed by atoms with Crippen molar-refractivity contribution in [3.8, 4) is 0 Å². The summed E-state index contributed by atoms with van der Waals surface area (Å²) in [5, 5.41) is 3.19. The largest absolute Gasteiger partial charge is 0.383 e. The molecule has 0 aliphatic carbocycles. The number of hydrogen-bond acceptors (Lipinski definition) is 4. The van der Waals surface area contributed by atoms with E-state index in [1.165, 1.54) is 0 Å². The lowest BCUT2D eigenvalue weighted by molar-refractivity contribution is 0.190. The van der Waals surface area contributed by atoms with Crippen LogP contribution in [0.3, 0.4) is 0 Å². The van der Waals surface area contributed by atoms with Gasteiger partial charge in [0.05, 0.1) is 6.61 Å². The highest BCUT2D eigenvalue weighted by atomic mass is 16.5. The fourth-order valence-corrected chi connectivity index (χ4v) is 1.28. The number of hydrogen-bond donors (Lipinski definition) is 1. The van der Waals surface area contributed by atoms with Crippen LogP contribution in [0.2, 0.25) is 0 Å². The molecule has 0 saturated carbocycles. The Hall–Kier alpha value is -1.16. The summed E-state index contributed by atoms with van der Waals surface area (Å²) in [7, 11) is 1.68. The van der Waals surface area contributed by atoms with Crippen LogP contribution in [0, 0.1) is 0 Å². The normalized spacial score (nSPS) is 12.9. The molecule has 15 heavy (non-hydrogen) atoms. The summed E-state index contributed by atoms with van der Waals surface area (Å²) >= 11 is 0. The molecule has 0 unspecified atom stereocenters. The molecule has 1 N–H and O–H groups in total. The predicted molar refractivity (Wildman–Crippen MR) is 61.1 cm³/mol. The lowest BCUT2D eigenvalue weighted by atomic mass is 10.1. The van der Waals surface area contributed by atoms with Gasteiger partial charge in [-0.2, -0.15) is 0 Å². The van der Waals surface area contributed by atoms with E-state index in [0.29, 0.717) is 18.5 Å². The third-order valence-corrected chi connectivity index (χ3v) is 2.06. The van der Waals surface area contributed by atoms with Gasteiger partial charge < -0.3 is 10.1 Å². The summed E-state index contributed by atoms with van der Waals surface area (Å²) in [5.41, 5.74) is 1.05. The molecule has 0 aliphatic rings. The van der Waals surface area contributed by atoms with Crippen molar-refractivity contribution >= 4 is 5.95 Å². The molecule has 0 spiro atoms. The second-order valence-electron chi connectivity index (χ2n) is 3.96. The fraction of sp³-hybridized carbons (Fsp3) is 0.636. The zero-order valence-corrected chi connectivity index (χ0v) is 9.82. The molecule has 1 rings (SSSR count). The van der Waals surface area contributed by atoms with Crippen LogP contribution in [0.15, 0.2) is 12.3 Å². The van der Waals surface area contributed by atoms with Crippen molar-refractivity contribution in [3.63, 3.8) is 0 Å². The van der Waals surface area contributed by atoms with E-state index in [9.17, 15) is 0 Å². The summed E-state index contributed by atoms with van der Waals surface area (Å²) in [6, 6.07) is 2.16. The second kappa shape index (κ2) is 5.66. The molecule has 0 amide bonds. The quantitative estimate of drug-likeness (QED) is 0.806. The van der Waals surface area contributed by atoms with Gasteiger partial charge in [0, 0.05) is 25.0 Å². The summed E-state index contributed by atoms with van der Waals surface area (Å²) in [5.74, 6) is 1.09. The standard InChI is InChI=1S/C11H19N3O/c1-8(2)10-5-6-12-11(14-10)13-9(3)7-15-4/h5-6,8-9H,7H2,1-4H3,(H,12,13,14)/t9-/m1/s1. The molecule has 0 fully saturated rings. The van der Waals surface area contributed by atoms with E-state index in [-0.39, 0.29) is 6.04 Å². The van der Waals surface area contributed by atoms with E-state index in [0.717, 1.165) is 5.69 Å². The average molecular weight is 209 g/mol. The topological polar surface area (TPSA) is 47.0 Å². The zero-order valence-electron chi connectivity index (χ0n) is 9.82. The predicted octanol–water partition coefficient (Wildman–Crippen LogP) is 2.05. The van der Waals surface area contributed by atoms with Crippen LogP contribution in [-0.4, -0.2) is 29.7 Å². The highest BCUT2D eigenvalue weighted by molar-refractivity contribution is 5.27. The van der Waals surface area contributed by atoms with Gasteiger partial charge in [-0.05, 0) is 18.9 Å². The fourth-order valence-electron chi connectivity index (χ4n) is 1.28. The van der Waals surface area contributed by atoms with Gasteiger partial charge >= 0.3 is 0 Å². The maximum absolute atomic E-state index is 5.04. The van der Waals surface area contributed by atoms with E-state index in [4.69, 9.17) is 4.74 Å². The zero-order chi connectivity index (χ0) is 11.3. The number of aromatic nitrogens is 2. The van der Waals surface area contributed by atoms with Gasteiger partial charge in [-0.25, -0.2) is 9.97 Å². The first-order chi connectivity index (χ1) is 7.13. The Bertz CT molecular complexity index is 302. The van der Waals surface area contributed by atoms with Crippen LogP contribution in [-0.2, 0) is 4.74 Å². The van der Waals surface area contributed by atoms with Crippen molar-refractivity contribution < 1.29 is 4.74 Å². The van der Waals surface area contributed by atoms with E-state index in [1.807, 2.05) is 13.0 Å². The minimum atomic E-state index is 0.220. The molecule has 0 radical (unpaired) electrons. The SMILES string of the molecule is COC[C@@H](C)Nc1nccc(C(C)C)n1. The summed E-state index contributed by atoms with van der Waals surface area (Å²) in [4.78, 5) is 8.58. The first-order valence-corrected chi connectivity index (χ1v) is 5.22. The summed E-state index contributed by atoms with van der Waals surface area (Å²) in [6.07, 6.45) is 1.78. The minimum Gasteiger partial charge on any atom is -0.383 e. The highest BCUT2D eigenvalue weighted by Gasteiger charge is 2.05. The van der Waals surface area contributed by atoms with Gasteiger partial charge in [0.1, 0.15) is 0 Å². The molecule has 0 aliphatic heterocycles. The third kappa shape index (κ3) is 3.83. The third-order valence-electron chi connectivity index (χ3n) is 2.06. The van der Waals surface area contributed by atoms with Crippen LogP contribution in [0.4, 0.5) is 5.95 Å². The summed E-state index contributed by atoms with van der Waals surface area (Å²) in [6.45, 7) is 6.92. The molecular weight excluding hydrogens is 190 g/mol. The van der Waals surface area contributed by atoms with Crippen molar-refractivity contribution in [1.29, 1.82) is 0 Å². The maximum Gasteiger partial charge on any atom is 0.223 e. The molecule has 0 aromatic carbocycles. The number of ether oxygens (including phenoxy) is 1. The second-order valence-corrected chi connectivity index (χ2v) is 3.96. The Kier molecular flexibility index (Phi) is 4.49. The van der Waals surface area contributed by atoms with Crippen LogP contribution in [0.25, 0.3) is 0 Å². The van der Waals surface area contributed by atoms with E-state index in [1.54, 1.807) is 13.3 Å². The van der Waals surface area contributed by atoms with Gasteiger partial charge in [0.15, 0.2) is 0 Å². The molecule has 1 atom stereocenters. The van der Waals surface area contributed by atoms with E-state index in [2.05, 4.69) is 29.1 Å². The first kappa shape index (κ1) is 11.9. The van der Waals surface area contributed by atoms with Crippen LogP contribution < -0.4 is 5.32 Å². The first-order valence-electron chi connectivity index (χ1n) is 5.22. The van der Waals surface area contributed by atoms with E-state index < -0.39 is 0 Å². The molecule has 1 heterocycles. The Labute approximate surface area is 91.1 Å². The highest BCUT2D eigenvalue weighted by Crippen LogP contribution is 2.12. The Balaban J connectivity index is 2.65. The van der Waals surface area contributed by atoms with Crippen LogP contribution >= 0.6 is 0 Å². The van der Waals surface area contributed by atoms with Crippen molar-refractivity contribution in [3.05, 3.63) is 18.0 Å². The lowest BCUT2D eigenvalue weighted by Gasteiger charge is -2.13. The van der Waals surface area contributed by atoms with Crippen molar-refractivity contribution in [1.82, 2.24) is 9.97 Å². The number of methoxy groups -OCH3 is 1. The van der Waals surface area contributed by atoms with Gasteiger partial charge in [-0.1, -0.05) is 13.8 Å². The van der Waals surface area contributed by atoms with Gasteiger partial charge in [0.2, 0.25) is 5.95 Å². The molecular formula is C11H19N3O. The smallest absolute Gasteiger partial charge is 0.223 e. The van der Waals surface area contributed by atoms with Crippen molar-refractivity contribution in [2.75, 3.05) is 19.0 Å². The number of rotatable bonds is 5. The number of nitrogens with one attached hydrogen (secondary N) is 1. The van der Waals surface area contributed by atoms with Gasteiger partial charge in [-0.3, -0.25) is 0 Å². The number of nitrogens with zero attached hydrogens (tertiary/aromatic N) is 2. The molecule has 0 bridgehead atoms. The molecule has 4 nitrogen and oxygen atoms in total. The monoisotopic (exact) mass is 209 g/mol. The Morgan fingerprint density at radius 2 is 2.13 bits per heavy atom. The Morgan fingerprint density at radius 3 is 2.73 bits per heavy atom. The molecule has 1 aromatic rings.